The number of halogens is 1. The summed E-state index contributed by atoms with van der Waals surface area (Å²) >= 11 is 0. The zero-order chi connectivity index (χ0) is 21.2. The van der Waals surface area contributed by atoms with Gasteiger partial charge in [-0.15, -0.1) is 0 Å². The Labute approximate surface area is 180 Å². The van der Waals surface area contributed by atoms with E-state index in [-0.39, 0.29) is 5.82 Å². The van der Waals surface area contributed by atoms with E-state index in [1.807, 2.05) is 54.1 Å². The smallest absolute Gasteiger partial charge is 0.227 e. The van der Waals surface area contributed by atoms with E-state index in [1.165, 1.54) is 6.07 Å². The predicted octanol–water partition coefficient (Wildman–Crippen LogP) is 4.09. The molecule has 2 aromatic heterocycles. The fourth-order valence-corrected chi connectivity index (χ4v) is 3.92. The maximum Gasteiger partial charge on any atom is 0.227 e. The van der Waals surface area contributed by atoms with Crippen LogP contribution in [0.3, 0.4) is 0 Å². The van der Waals surface area contributed by atoms with Gasteiger partial charge in [0.2, 0.25) is 5.95 Å². The van der Waals surface area contributed by atoms with E-state index in [0.717, 1.165) is 47.1 Å². The maximum atomic E-state index is 14.3. The topological polar surface area (TPSA) is 67.7 Å². The predicted molar refractivity (Wildman–Crippen MR) is 118 cm³/mol. The Morgan fingerprint density at radius 3 is 2.71 bits per heavy atom. The minimum Gasteiger partial charge on any atom is -0.324 e. The molecular weight excluding hydrogens is 391 g/mol. The SMILES string of the molecule is Cc1nccn1-c1ccc(Nc2nc3c(c(Cc4ccccc4F)n2)CNCC3)cc1. The second-order valence-electron chi connectivity index (χ2n) is 7.63. The van der Waals surface area contributed by atoms with Crippen LogP contribution < -0.4 is 10.6 Å². The molecule has 0 radical (unpaired) electrons. The Bertz CT molecular complexity index is 1220. The molecule has 0 fully saturated rings. The first-order chi connectivity index (χ1) is 15.2. The highest BCUT2D eigenvalue weighted by Crippen LogP contribution is 2.24. The van der Waals surface area contributed by atoms with Crippen molar-refractivity contribution in [3.05, 3.63) is 95.1 Å². The molecule has 156 valence electrons. The van der Waals surface area contributed by atoms with E-state index in [0.29, 0.717) is 24.5 Å². The van der Waals surface area contributed by atoms with Crippen LogP contribution in [0, 0.1) is 12.7 Å². The second-order valence-corrected chi connectivity index (χ2v) is 7.63. The molecule has 31 heavy (non-hydrogen) atoms. The maximum absolute atomic E-state index is 14.3. The molecule has 1 aliphatic heterocycles. The number of anilines is 2. The van der Waals surface area contributed by atoms with Crippen molar-refractivity contribution in [2.24, 2.45) is 0 Å². The number of benzene rings is 2. The summed E-state index contributed by atoms with van der Waals surface area (Å²) in [4.78, 5) is 13.8. The highest BCUT2D eigenvalue weighted by Gasteiger charge is 2.19. The molecule has 4 aromatic rings. The molecule has 0 bridgehead atoms. The third kappa shape index (κ3) is 4.04. The fraction of sp³-hybridized carbons (Fsp3) is 0.208. The lowest BCUT2D eigenvalue weighted by Gasteiger charge is -2.20. The van der Waals surface area contributed by atoms with E-state index in [1.54, 1.807) is 12.3 Å². The minimum atomic E-state index is -0.210. The molecule has 0 spiro atoms. The Kier molecular flexibility index (Phi) is 5.18. The summed E-state index contributed by atoms with van der Waals surface area (Å²) in [5, 5.41) is 6.69. The van der Waals surface area contributed by atoms with Crippen LogP contribution in [0.5, 0.6) is 0 Å². The van der Waals surface area contributed by atoms with Gasteiger partial charge < -0.3 is 15.2 Å². The van der Waals surface area contributed by atoms with E-state index in [9.17, 15) is 4.39 Å². The summed E-state index contributed by atoms with van der Waals surface area (Å²) in [6, 6.07) is 14.9. The van der Waals surface area contributed by atoms with Gasteiger partial charge in [0.1, 0.15) is 11.6 Å². The van der Waals surface area contributed by atoms with Gasteiger partial charge in [0.15, 0.2) is 0 Å². The first-order valence-corrected chi connectivity index (χ1v) is 10.4. The Hall–Kier alpha value is -3.58. The molecule has 0 amide bonds. The first kappa shape index (κ1) is 19.4. The molecule has 2 N–H and O–H groups in total. The minimum absolute atomic E-state index is 0.210. The number of aromatic nitrogens is 4. The summed E-state index contributed by atoms with van der Waals surface area (Å²) in [6.07, 6.45) is 4.99. The summed E-state index contributed by atoms with van der Waals surface area (Å²) < 4.78 is 16.3. The number of nitrogens with zero attached hydrogens (tertiary/aromatic N) is 4. The van der Waals surface area contributed by atoms with Gasteiger partial charge in [-0.1, -0.05) is 18.2 Å². The number of nitrogens with one attached hydrogen (secondary N) is 2. The number of aryl methyl sites for hydroxylation is 1. The normalized spacial score (nSPS) is 13.1. The van der Waals surface area contributed by atoms with E-state index in [4.69, 9.17) is 9.97 Å². The second kappa shape index (κ2) is 8.28. The van der Waals surface area contributed by atoms with Gasteiger partial charge in [-0.3, -0.25) is 0 Å². The van der Waals surface area contributed by atoms with Crippen molar-refractivity contribution in [1.29, 1.82) is 0 Å². The lowest BCUT2D eigenvalue weighted by atomic mass is 10.00. The molecule has 0 unspecified atom stereocenters. The van der Waals surface area contributed by atoms with Crippen LogP contribution in [0.1, 0.15) is 28.3 Å². The van der Waals surface area contributed by atoms with Gasteiger partial charge in [-0.25, -0.2) is 19.3 Å². The summed E-state index contributed by atoms with van der Waals surface area (Å²) in [5.41, 5.74) is 5.53. The van der Waals surface area contributed by atoms with Crippen LogP contribution in [-0.4, -0.2) is 26.1 Å². The Balaban J connectivity index is 1.44. The van der Waals surface area contributed by atoms with Crippen LogP contribution in [0.2, 0.25) is 0 Å². The van der Waals surface area contributed by atoms with Gasteiger partial charge in [-0.2, -0.15) is 0 Å². The molecule has 1 aliphatic rings. The average Bonchev–Trinajstić information content (AvgIpc) is 3.22. The molecule has 0 saturated heterocycles. The van der Waals surface area contributed by atoms with Crippen molar-refractivity contribution < 1.29 is 4.39 Å². The lowest BCUT2D eigenvalue weighted by molar-refractivity contribution is 0.604. The molecule has 0 saturated carbocycles. The Morgan fingerprint density at radius 1 is 1.10 bits per heavy atom. The first-order valence-electron chi connectivity index (χ1n) is 10.4. The lowest BCUT2D eigenvalue weighted by Crippen LogP contribution is -2.27. The third-order valence-electron chi connectivity index (χ3n) is 5.56. The third-order valence-corrected chi connectivity index (χ3v) is 5.56. The monoisotopic (exact) mass is 414 g/mol. The van der Waals surface area contributed by atoms with Gasteiger partial charge >= 0.3 is 0 Å². The van der Waals surface area contributed by atoms with Crippen molar-refractivity contribution in [3.8, 4) is 5.69 Å². The number of fused-ring (bicyclic) bond motifs is 1. The van der Waals surface area contributed by atoms with Crippen molar-refractivity contribution in [3.63, 3.8) is 0 Å². The van der Waals surface area contributed by atoms with Crippen LogP contribution >= 0.6 is 0 Å². The molecule has 5 rings (SSSR count). The zero-order valence-corrected chi connectivity index (χ0v) is 17.3. The highest BCUT2D eigenvalue weighted by molar-refractivity contribution is 5.56. The average molecular weight is 414 g/mol. The Morgan fingerprint density at radius 2 is 1.94 bits per heavy atom. The summed E-state index contributed by atoms with van der Waals surface area (Å²) in [5.74, 6) is 1.27. The summed E-state index contributed by atoms with van der Waals surface area (Å²) in [7, 11) is 0. The largest absolute Gasteiger partial charge is 0.324 e. The molecule has 0 atom stereocenters. The van der Waals surface area contributed by atoms with Crippen molar-refractivity contribution in [1.82, 2.24) is 24.8 Å². The van der Waals surface area contributed by atoms with E-state index < -0.39 is 0 Å². The van der Waals surface area contributed by atoms with Gasteiger partial charge in [-0.05, 0) is 42.8 Å². The van der Waals surface area contributed by atoms with Gasteiger partial charge in [0.25, 0.3) is 0 Å². The van der Waals surface area contributed by atoms with E-state index >= 15 is 0 Å². The molecule has 3 heterocycles. The summed E-state index contributed by atoms with van der Waals surface area (Å²) in [6.45, 7) is 3.55. The van der Waals surface area contributed by atoms with Crippen molar-refractivity contribution in [2.45, 2.75) is 26.3 Å². The number of hydrogen-bond donors (Lipinski definition) is 2. The number of rotatable bonds is 5. The highest BCUT2D eigenvalue weighted by atomic mass is 19.1. The van der Waals surface area contributed by atoms with Crippen LogP contribution in [0.25, 0.3) is 5.69 Å². The quantitative estimate of drug-likeness (QED) is 0.515. The number of imidazole rings is 1. The van der Waals surface area contributed by atoms with Crippen LogP contribution in [0.4, 0.5) is 16.0 Å². The molecular formula is C24H23FN6. The van der Waals surface area contributed by atoms with Gasteiger partial charge in [0.05, 0.1) is 11.4 Å². The standard InChI is InChI=1S/C24H23FN6/c1-16-27-12-13-31(16)19-8-6-18(7-9-19)28-24-29-22-10-11-26-15-20(22)23(30-24)14-17-4-2-3-5-21(17)25/h2-9,12-13,26H,10-11,14-15H2,1H3,(H,28,29,30). The van der Waals surface area contributed by atoms with E-state index in [2.05, 4.69) is 15.6 Å². The van der Waals surface area contributed by atoms with Gasteiger partial charge in [0, 0.05) is 55.3 Å². The zero-order valence-electron chi connectivity index (χ0n) is 17.3. The van der Waals surface area contributed by atoms with Crippen LogP contribution in [-0.2, 0) is 19.4 Å². The molecule has 7 heteroatoms. The molecule has 6 nitrogen and oxygen atoms in total. The molecule has 0 aliphatic carbocycles. The molecule has 2 aromatic carbocycles. The van der Waals surface area contributed by atoms with Crippen LogP contribution in [0.15, 0.2) is 60.9 Å². The van der Waals surface area contributed by atoms with Crippen molar-refractivity contribution in [2.75, 3.05) is 11.9 Å². The number of hydrogen-bond acceptors (Lipinski definition) is 5. The fourth-order valence-electron chi connectivity index (χ4n) is 3.92. The van der Waals surface area contributed by atoms with Crippen molar-refractivity contribution >= 4 is 11.6 Å².